The molecule has 0 unspecified atom stereocenters. The molecule has 6 nitrogen and oxygen atoms in total. The lowest BCUT2D eigenvalue weighted by atomic mass is 9.82. The maximum Gasteiger partial charge on any atom is 0.201 e. The molecule has 1 fully saturated rings. The Kier molecular flexibility index (Phi) is 11.2. The Balaban J connectivity index is 1.22. The van der Waals surface area contributed by atoms with Gasteiger partial charge in [0, 0.05) is 52.7 Å². The molecule has 0 aromatic heterocycles. The smallest absolute Gasteiger partial charge is 0.201 e. The molecule has 0 bridgehead atoms. The summed E-state index contributed by atoms with van der Waals surface area (Å²) >= 11 is 0. The predicted molar refractivity (Wildman–Crippen MR) is 184 cm³/mol. The number of hydrogen-bond donors (Lipinski definition) is 2. The van der Waals surface area contributed by atoms with Crippen LogP contribution in [0, 0.1) is 23.0 Å². The number of unbranched alkanes of at least 4 members (excludes halogenated alkanes) is 1. The molecule has 0 spiro atoms. The number of benzene rings is 2. The third kappa shape index (κ3) is 8.17. The van der Waals surface area contributed by atoms with E-state index < -0.39 is 11.6 Å². The maximum absolute atomic E-state index is 15.0. The van der Waals surface area contributed by atoms with Gasteiger partial charge in [-0.1, -0.05) is 63.0 Å². The molecule has 0 atom stereocenters. The highest BCUT2D eigenvalue weighted by Crippen LogP contribution is 2.37. The van der Waals surface area contributed by atoms with Crippen molar-refractivity contribution in [2.75, 3.05) is 12.4 Å². The molecular formula is C39H41F2N3O3. The first-order valence-corrected chi connectivity index (χ1v) is 16.4. The first-order valence-electron chi connectivity index (χ1n) is 16.4. The summed E-state index contributed by atoms with van der Waals surface area (Å²) in [5.41, 5.74) is 4.63. The second kappa shape index (κ2) is 15.7. The summed E-state index contributed by atoms with van der Waals surface area (Å²) in [6.45, 7) is 1.96. The van der Waals surface area contributed by atoms with Gasteiger partial charge in [0.2, 0.25) is 5.82 Å². The molecule has 2 aliphatic carbocycles. The SMILES string of the molecule is CCc1cc(N/C2=C\C/C=C\C=C3\C(c4ccc(OC)c(F)c4F)=CN=C23)ccc1C(=O)CC(=N)CC(=O)/C=C/CCCC1CCC1. The molecule has 0 saturated heterocycles. The van der Waals surface area contributed by atoms with Gasteiger partial charge in [0.15, 0.2) is 23.1 Å². The minimum absolute atomic E-state index is 0.0599. The van der Waals surface area contributed by atoms with Crippen molar-refractivity contribution in [3.05, 3.63) is 113 Å². The first kappa shape index (κ1) is 33.6. The van der Waals surface area contributed by atoms with Crippen molar-refractivity contribution in [2.24, 2.45) is 10.9 Å². The summed E-state index contributed by atoms with van der Waals surface area (Å²) in [6, 6.07) is 8.32. The minimum atomic E-state index is -1.06. The van der Waals surface area contributed by atoms with Crippen LogP contribution in [0.5, 0.6) is 5.75 Å². The molecule has 47 heavy (non-hydrogen) atoms. The van der Waals surface area contributed by atoms with Crippen LogP contribution in [0.15, 0.2) is 89.3 Å². The Labute approximate surface area is 275 Å². The lowest BCUT2D eigenvalue weighted by molar-refractivity contribution is -0.113. The number of rotatable bonds is 15. The van der Waals surface area contributed by atoms with E-state index in [-0.39, 0.29) is 41.4 Å². The summed E-state index contributed by atoms with van der Waals surface area (Å²) in [6.07, 6.45) is 20.8. The standard InChI is InChI=1S/C39H41F2N3O3/c1-3-26-21-28(17-18-30(26)35(46)23-27(42)22-29(45)14-7-4-6-11-25-12-10-13-25)44-34-16-9-5-8-15-32-33(24-43-39(32)34)31-19-20-36(47-2)38(41)37(31)40/h5,7-8,14-21,24-25,42,44H,3-4,6,9-13,22-23H2,1-2H3/b8-5-,14-7+,32-15-,34-16-,42-27?. The molecule has 5 rings (SSSR count). The number of carbonyl (C=O) groups is 2. The number of halogens is 2. The van der Waals surface area contributed by atoms with Crippen LogP contribution < -0.4 is 10.1 Å². The number of ketones is 2. The number of carbonyl (C=O) groups excluding carboxylic acids is 2. The third-order valence-electron chi connectivity index (χ3n) is 8.88. The van der Waals surface area contributed by atoms with Crippen molar-refractivity contribution >= 4 is 34.3 Å². The average molecular weight is 638 g/mol. The Morgan fingerprint density at radius 2 is 1.94 bits per heavy atom. The number of allylic oxidation sites excluding steroid dienone is 8. The van der Waals surface area contributed by atoms with E-state index in [1.165, 1.54) is 51.1 Å². The van der Waals surface area contributed by atoms with Crippen LogP contribution >= 0.6 is 0 Å². The van der Waals surface area contributed by atoms with E-state index in [2.05, 4.69) is 10.3 Å². The van der Waals surface area contributed by atoms with Crippen molar-refractivity contribution in [3.63, 3.8) is 0 Å². The first-order chi connectivity index (χ1) is 22.8. The van der Waals surface area contributed by atoms with E-state index in [4.69, 9.17) is 10.1 Å². The van der Waals surface area contributed by atoms with Crippen molar-refractivity contribution < 1.29 is 23.1 Å². The van der Waals surface area contributed by atoms with Gasteiger partial charge in [-0.15, -0.1) is 0 Å². The normalized spacial score (nSPS) is 18.8. The largest absolute Gasteiger partial charge is 0.494 e. The summed E-state index contributed by atoms with van der Waals surface area (Å²) in [5.74, 6) is -1.72. The molecule has 2 aromatic rings. The fourth-order valence-corrected chi connectivity index (χ4v) is 6.06. The van der Waals surface area contributed by atoms with Gasteiger partial charge in [0.25, 0.3) is 0 Å². The van der Waals surface area contributed by atoms with Gasteiger partial charge >= 0.3 is 0 Å². The summed E-state index contributed by atoms with van der Waals surface area (Å²) in [5, 5.41) is 11.7. The number of Topliss-reactive ketones (excluding diaryl/α,β-unsaturated/α-hetero) is 1. The van der Waals surface area contributed by atoms with E-state index in [0.29, 0.717) is 41.0 Å². The number of nitrogens with zero attached hydrogens (tertiary/aromatic N) is 1. The van der Waals surface area contributed by atoms with Crippen LogP contribution in [0.4, 0.5) is 14.5 Å². The highest BCUT2D eigenvalue weighted by Gasteiger charge is 2.27. The second-order valence-corrected chi connectivity index (χ2v) is 12.2. The fourth-order valence-electron chi connectivity index (χ4n) is 6.06. The van der Waals surface area contributed by atoms with Crippen molar-refractivity contribution in [1.29, 1.82) is 5.41 Å². The van der Waals surface area contributed by atoms with Gasteiger partial charge in [0.05, 0.1) is 18.5 Å². The zero-order valence-electron chi connectivity index (χ0n) is 27.0. The van der Waals surface area contributed by atoms with Crippen LogP contribution in [0.1, 0.15) is 86.2 Å². The number of fused-ring (bicyclic) bond motifs is 1. The quantitative estimate of drug-likeness (QED) is 0.0881. The number of methoxy groups -OCH3 is 1. The van der Waals surface area contributed by atoms with Crippen molar-refractivity contribution in [1.82, 2.24) is 0 Å². The number of hydrogen-bond acceptors (Lipinski definition) is 6. The van der Waals surface area contributed by atoms with E-state index >= 15 is 4.39 Å². The molecule has 1 aliphatic heterocycles. The van der Waals surface area contributed by atoms with Gasteiger partial charge in [0.1, 0.15) is 0 Å². The van der Waals surface area contributed by atoms with Gasteiger partial charge in [-0.2, -0.15) is 4.39 Å². The summed E-state index contributed by atoms with van der Waals surface area (Å²) in [7, 11) is 1.29. The highest BCUT2D eigenvalue weighted by molar-refractivity contribution is 6.25. The number of anilines is 1. The third-order valence-corrected chi connectivity index (χ3v) is 8.88. The molecule has 2 aromatic carbocycles. The van der Waals surface area contributed by atoms with Crippen molar-refractivity contribution in [3.8, 4) is 5.75 Å². The van der Waals surface area contributed by atoms with E-state index in [0.717, 1.165) is 30.0 Å². The molecular weight excluding hydrogens is 596 g/mol. The predicted octanol–water partition coefficient (Wildman–Crippen LogP) is 9.29. The second-order valence-electron chi connectivity index (χ2n) is 12.2. The van der Waals surface area contributed by atoms with Crippen LogP contribution in [0.2, 0.25) is 0 Å². The molecule has 1 heterocycles. The molecule has 0 amide bonds. The van der Waals surface area contributed by atoms with E-state index in [9.17, 15) is 14.0 Å². The molecule has 1 saturated carbocycles. The Bertz CT molecular complexity index is 1740. The Hall–Kier alpha value is -4.72. The summed E-state index contributed by atoms with van der Waals surface area (Å²) < 4.78 is 34.5. The molecule has 8 heteroatoms. The molecule has 2 N–H and O–H groups in total. The minimum Gasteiger partial charge on any atom is -0.494 e. The van der Waals surface area contributed by atoms with Gasteiger partial charge in [-0.05, 0) is 73.6 Å². The van der Waals surface area contributed by atoms with Gasteiger partial charge in [-0.3, -0.25) is 14.6 Å². The zero-order valence-corrected chi connectivity index (χ0v) is 27.0. The van der Waals surface area contributed by atoms with E-state index in [1.54, 1.807) is 18.2 Å². The number of nitrogens with one attached hydrogen (secondary N) is 2. The zero-order chi connectivity index (χ0) is 33.3. The van der Waals surface area contributed by atoms with Crippen LogP contribution in [0.3, 0.4) is 0 Å². The molecule has 0 radical (unpaired) electrons. The van der Waals surface area contributed by atoms with Crippen LogP contribution in [-0.2, 0) is 11.2 Å². The summed E-state index contributed by atoms with van der Waals surface area (Å²) in [4.78, 5) is 30.1. The van der Waals surface area contributed by atoms with Crippen molar-refractivity contribution in [2.45, 2.75) is 71.1 Å². The average Bonchev–Trinajstić information content (AvgIpc) is 3.43. The van der Waals surface area contributed by atoms with Gasteiger partial charge < -0.3 is 15.5 Å². The number of aryl methyl sites for hydroxylation is 1. The Morgan fingerprint density at radius 3 is 2.68 bits per heavy atom. The lowest BCUT2D eigenvalue weighted by Crippen LogP contribution is -2.15. The maximum atomic E-state index is 15.0. The number of ether oxygens (including phenoxy) is 1. The lowest BCUT2D eigenvalue weighted by Gasteiger charge is -2.24. The molecule has 244 valence electrons. The molecule has 3 aliphatic rings. The monoisotopic (exact) mass is 637 g/mol. The topological polar surface area (TPSA) is 91.6 Å². The van der Waals surface area contributed by atoms with Crippen LogP contribution in [-0.4, -0.2) is 30.1 Å². The van der Waals surface area contributed by atoms with Crippen LogP contribution in [0.25, 0.3) is 5.57 Å². The van der Waals surface area contributed by atoms with E-state index in [1.807, 2.05) is 43.4 Å². The highest BCUT2D eigenvalue weighted by atomic mass is 19.2. The van der Waals surface area contributed by atoms with Gasteiger partial charge in [-0.25, -0.2) is 4.39 Å². The number of aliphatic imine (C=N–C) groups is 1. The Morgan fingerprint density at radius 1 is 1.11 bits per heavy atom. The fraction of sp³-hybridized carbons (Fsp3) is 0.333.